The van der Waals surface area contributed by atoms with Crippen LogP contribution in [0.15, 0.2) is 182 Å². The maximum atomic E-state index is 11.6. The molecular weight excluding hydrogens is 873 g/mol. The lowest BCUT2D eigenvalue weighted by molar-refractivity contribution is -0.141. The Morgan fingerprint density at radius 1 is 0.414 bits per heavy atom. The summed E-state index contributed by atoms with van der Waals surface area (Å²) in [5.74, 6) is 2.37. The first-order chi connectivity index (χ1) is 34.1. The lowest BCUT2D eigenvalue weighted by Gasteiger charge is -2.34. The maximum Gasteiger partial charge on any atom is 0.308 e. The number of aryl methyl sites for hydroxylation is 2. The third-order valence-corrected chi connectivity index (χ3v) is 13.4. The van der Waals surface area contributed by atoms with Crippen LogP contribution < -0.4 is 18.9 Å². The van der Waals surface area contributed by atoms with Crippen molar-refractivity contribution in [2.45, 2.75) is 38.5 Å². The van der Waals surface area contributed by atoms with Gasteiger partial charge in [-0.3, -0.25) is 9.59 Å². The Labute approximate surface area is 410 Å². The minimum atomic E-state index is -0.496. The zero-order valence-electron chi connectivity index (χ0n) is 40.4. The standard InChI is InChI=1S/C32H30O5.C30H26O3/c1-23(33)35-21-22-37-27-17-13-25(14-18-27)32(24-11-15-26(16-12-24)36-20-19-34-2)30-9-5-3-7-28(30)29-8-4-6-10-31(29)32;1-19-17-22(13-15-28(19)32-4)30(23-14-16-29(20(2)18-23)33-21(3)31)26-11-7-5-9-24(26)25-10-6-8-12-27(25)30/h3-18H,19-22H2,1-2H3;5-18H,1-4H3. The average Bonchev–Trinajstić information content (AvgIpc) is 3.85. The van der Waals surface area contributed by atoms with Gasteiger partial charge >= 0.3 is 11.9 Å². The number of carbonyl (C=O) groups is 2. The van der Waals surface area contributed by atoms with Crippen LogP contribution in [0.1, 0.15) is 69.5 Å². The minimum Gasteiger partial charge on any atom is -0.496 e. The number of fused-ring (bicyclic) bond motifs is 6. The molecule has 0 fully saturated rings. The van der Waals surface area contributed by atoms with E-state index in [0.29, 0.717) is 25.6 Å². The summed E-state index contributed by atoms with van der Waals surface area (Å²) in [5.41, 5.74) is 15.6. The summed E-state index contributed by atoms with van der Waals surface area (Å²) < 4.78 is 32.7. The van der Waals surface area contributed by atoms with Crippen LogP contribution in [0.3, 0.4) is 0 Å². The van der Waals surface area contributed by atoms with E-state index < -0.39 is 10.8 Å². The van der Waals surface area contributed by atoms with Crippen molar-refractivity contribution in [2.24, 2.45) is 0 Å². The molecule has 2 aliphatic rings. The third kappa shape index (κ3) is 8.60. The van der Waals surface area contributed by atoms with Crippen molar-refractivity contribution >= 4 is 11.9 Å². The van der Waals surface area contributed by atoms with E-state index in [1.165, 1.54) is 63.9 Å². The molecule has 0 amide bonds. The second kappa shape index (κ2) is 20.3. The fourth-order valence-electron chi connectivity index (χ4n) is 10.5. The summed E-state index contributed by atoms with van der Waals surface area (Å²) in [6.07, 6.45) is 0. The fourth-order valence-corrected chi connectivity index (χ4v) is 10.5. The largest absolute Gasteiger partial charge is 0.496 e. The zero-order valence-corrected chi connectivity index (χ0v) is 40.4. The second-order valence-electron chi connectivity index (χ2n) is 17.5. The van der Waals surface area contributed by atoms with Gasteiger partial charge in [0.1, 0.15) is 42.8 Å². The van der Waals surface area contributed by atoms with Crippen LogP contribution in [-0.2, 0) is 29.9 Å². The van der Waals surface area contributed by atoms with Crippen molar-refractivity contribution in [1.82, 2.24) is 0 Å². The SMILES string of the molecule is COCCOc1ccc(C2(c3ccc(OCCOC(C)=O)cc3)c3ccccc3-c3ccccc32)cc1.COc1ccc(C2(c3ccc(OC(C)=O)c(C)c3)c3ccccc3-c3ccccc32)cc1C. The van der Waals surface area contributed by atoms with E-state index in [9.17, 15) is 9.59 Å². The normalized spacial score (nSPS) is 13.1. The number of rotatable bonds is 14. The van der Waals surface area contributed by atoms with E-state index in [4.69, 9.17) is 28.4 Å². The van der Waals surface area contributed by atoms with Crippen LogP contribution in [0.4, 0.5) is 0 Å². The first-order valence-corrected chi connectivity index (χ1v) is 23.5. The maximum absolute atomic E-state index is 11.6. The van der Waals surface area contributed by atoms with E-state index in [2.05, 4.69) is 159 Å². The lowest BCUT2D eigenvalue weighted by atomic mass is 9.67. The molecule has 0 unspecified atom stereocenters. The Morgan fingerprint density at radius 3 is 1.16 bits per heavy atom. The highest BCUT2D eigenvalue weighted by atomic mass is 16.6. The molecule has 0 N–H and O–H groups in total. The summed E-state index contributed by atoms with van der Waals surface area (Å²) in [6, 6.07) is 63.7. The molecule has 0 radical (unpaired) electrons. The molecule has 8 nitrogen and oxygen atoms in total. The second-order valence-corrected chi connectivity index (χ2v) is 17.5. The molecule has 8 aromatic carbocycles. The topological polar surface area (TPSA) is 89.5 Å². The summed E-state index contributed by atoms with van der Waals surface area (Å²) in [6.45, 7) is 8.47. The van der Waals surface area contributed by atoms with Crippen molar-refractivity contribution in [3.8, 4) is 45.3 Å². The summed E-state index contributed by atoms with van der Waals surface area (Å²) in [4.78, 5) is 22.6. The van der Waals surface area contributed by atoms with Gasteiger partial charge in [-0.2, -0.15) is 0 Å². The number of methoxy groups -OCH3 is 2. The summed E-state index contributed by atoms with van der Waals surface area (Å²) in [7, 11) is 3.37. The number of ether oxygens (including phenoxy) is 6. The van der Waals surface area contributed by atoms with Gasteiger partial charge in [-0.25, -0.2) is 0 Å². The number of benzene rings is 8. The predicted molar refractivity (Wildman–Crippen MR) is 274 cm³/mol. The predicted octanol–water partition coefficient (Wildman–Crippen LogP) is 12.6. The Hall–Kier alpha value is -7.94. The molecule has 0 aromatic heterocycles. The summed E-state index contributed by atoms with van der Waals surface area (Å²) in [5, 5.41) is 0. The molecule has 0 bridgehead atoms. The Kier molecular flexibility index (Phi) is 13.7. The molecule has 0 heterocycles. The molecule has 0 atom stereocenters. The fraction of sp³-hybridized carbons (Fsp3) is 0.194. The van der Waals surface area contributed by atoms with Crippen molar-refractivity contribution in [3.63, 3.8) is 0 Å². The van der Waals surface area contributed by atoms with Gasteiger partial charge < -0.3 is 28.4 Å². The monoisotopic (exact) mass is 928 g/mol. The number of carbonyl (C=O) groups excluding carboxylic acids is 2. The van der Waals surface area contributed by atoms with E-state index in [0.717, 1.165) is 45.1 Å². The van der Waals surface area contributed by atoms with Crippen LogP contribution in [0.2, 0.25) is 0 Å². The molecule has 0 spiro atoms. The van der Waals surface area contributed by atoms with Gasteiger partial charge in [0.15, 0.2) is 0 Å². The third-order valence-electron chi connectivity index (χ3n) is 13.4. The van der Waals surface area contributed by atoms with Crippen LogP contribution in [-0.4, -0.2) is 52.6 Å². The van der Waals surface area contributed by atoms with E-state index in [1.807, 2.05) is 37.3 Å². The van der Waals surface area contributed by atoms with Crippen LogP contribution in [0.5, 0.6) is 23.0 Å². The summed E-state index contributed by atoms with van der Waals surface area (Å²) >= 11 is 0. The van der Waals surface area contributed by atoms with Crippen molar-refractivity contribution in [1.29, 1.82) is 0 Å². The van der Waals surface area contributed by atoms with E-state index in [1.54, 1.807) is 14.2 Å². The van der Waals surface area contributed by atoms with Gasteiger partial charge in [-0.15, -0.1) is 0 Å². The molecule has 10 rings (SSSR count). The number of hydrogen-bond acceptors (Lipinski definition) is 8. The lowest BCUT2D eigenvalue weighted by Crippen LogP contribution is -2.29. The van der Waals surface area contributed by atoms with Gasteiger partial charge in [-0.05, 0) is 128 Å². The number of hydrogen-bond donors (Lipinski definition) is 0. The van der Waals surface area contributed by atoms with Gasteiger partial charge in [0, 0.05) is 21.0 Å². The van der Waals surface area contributed by atoms with Crippen molar-refractivity contribution in [3.05, 3.63) is 238 Å². The average molecular weight is 929 g/mol. The Balaban J connectivity index is 0.000000175. The zero-order chi connectivity index (χ0) is 48.8. The molecule has 8 aromatic rings. The van der Waals surface area contributed by atoms with Crippen molar-refractivity contribution in [2.75, 3.05) is 40.6 Å². The first kappa shape index (κ1) is 47.1. The highest BCUT2D eigenvalue weighted by Gasteiger charge is 2.47. The van der Waals surface area contributed by atoms with Crippen LogP contribution in [0, 0.1) is 13.8 Å². The van der Waals surface area contributed by atoms with Gasteiger partial charge in [-0.1, -0.05) is 146 Å². The Morgan fingerprint density at radius 2 is 0.786 bits per heavy atom. The highest BCUT2D eigenvalue weighted by molar-refractivity contribution is 5.88. The van der Waals surface area contributed by atoms with Crippen LogP contribution in [0.25, 0.3) is 22.3 Å². The van der Waals surface area contributed by atoms with E-state index >= 15 is 0 Å². The smallest absolute Gasteiger partial charge is 0.308 e. The van der Waals surface area contributed by atoms with Crippen LogP contribution >= 0.6 is 0 Å². The molecule has 8 heteroatoms. The van der Waals surface area contributed by atoms with Crippen molar-refractivity contribution < 1.29 is 38.0 Å². The molecule has 0 aliphatic heterocycles. The van der Waals surface area contributed by atoms with Gasteiger partial charge in [0.05, 0.1) is 24.5 Å². The minimum absolute atomic E-state index is 0.223. The quantitative estimate of drug-likeness (QED) is 0.0605. The van der Waals surface area contributed by atoms with E-state index in [-0.39, 0.29) is 18.5 Å². The molecule has 0 saturated heterocycles. The highest BCUT2D eigenvalue weighted by Crippen LogP contribution is 2.58. The first-order valence-electron chi connectivity index (χ1n) is 23.5. The molecule has 70 heavy (non-hydrogen) atoms. The molecule has 0 saturated carbocycles. The molecule has 2 aliphatic carbocycles. The Bertz CT molecular complexity index is 3080. The van der Waals surface area contributed by atoms with Gasteiger partial charge in [0.25, 0.3) is 0 Å². The number of esters is 2. The molecular formula is C62H56O8. The molecule has 352 valence electrons. The van der Waals surface area contributed by atoms with Gasteiger partial charge in [0.2, 0.25) is 0 Å².